The van der Waals surface area contributed by atoms with Crippen LogP contribution in [0.3, 0.4) is 0 Å². The summed E-state index contributed by atoms with van der Waals surface area (Å²) in [4.78, 5) is 0. The van der Waals surface area contributed by atoms with Crippen LogP contribution < -0.4 is 0 Å². The molecule has 7 rings (SSSR count). The summed E-state index contributed by atoms with van der Waals surface area (Å²) in [6.07, 6.45) is -36.6. The van der Waals surface area contributed by atoms with E-state index >= 15 is 0 Å². The van der Waals surface area contributed by atoms with E-state index in [1.165, 1.54) is 12.1 Å². The molecule has 0 amide bonds. The molecule has 0 radical (unpaired) electrons. The Morgan fingerprint density at radius 1 is 0.838 bits per heavy atom. The molecular formula is C33H33N3O. The highest BCUT2D eigenvalue weighted by Crippen LogP contribution is 2.47. The van der Waals surface area contributed by atoms with Crippen molar-refractivity contribution in [3.05, 3.63) is 78.0 Å². The van der Waals surface area contributed by atoms with Gasteiger partial charge >= 0.3 is 0 Å². The second-order valence-corrected chi connectivity index (χ2v) is 8.28. The van der Waals surface area contributed by atoms with E-state index in [1.54, 1.807) is 30.3 Å². The topological polar surface area (TPSA) is 51.8 Å². The van der Waals surface area contributed by atoms with Crippen LogP contribution >= 0.6 is 0 Å². The Kier molecular flexibility index (Phi) is 2.54. The van der Waals surface area contributed by atoms with Crippen LogP contribution in [0.4, 0.5) is 0 Å². The quantitative estimate of drug-likeness (QED) is 0.243. The van der Waals surface area contributed by atoms with E-state index in [9.17, 15) is 12.3 Å². The number of rotatable bonds is 4. The van der Waals surface area contributed by atoms with Crippen molar-refractivity contribution < 1.29 is 33.2 Å². The fraction of sp³-hybridized carbons (Fsp3) is 0.364. The van der Waals surface area contributed by atoms with Crippen LogP contribution in [0, 0.1) is 0 Å². The first-order valence-electron chi connectivity index (χ1n) is 22.1. The summed E-state index contributed by atoms with van der Waals surface area (Å²) < 4.78 is 195. The molecule has 2 saturated carbocycles. The molecule has 37 heavy (non-hydrogen) atoms. The predicted molar refractivity (Wildman–Crippen MR) is 150 cm³/mol. The molecule has 2 aliphatic carbocycles. The van der Waals surface area contributed by atoms with E-state index in [2.05, 4.69) is 15.4 Å². The number of aromatic nitrogens is 3. The summed E-state index contributed by atoms with van der Waals surface area (Å²) in [5.41, 5.74) is -3.54. The van der Waals surface area contributed by atoms with Crippen LogP contribution in [-0.4, -0.2) is 15.4 Å². The molecule has 4 heteroatoms. The lowest BCUT2D eigenvalue weighted by atomic mass is 9.73. The SMILES string of the molecule is [2H]c1c(-c2cccc3oc4ccccc4c23)cc(C2([2H])C([2H])C([2H])([2H])C([2H])([2H])C([2H])([2H])C2([2H])[2H])c(C2([2H])C([2H])C([2H])([2H])C([2H])([2H])C([2H])([2H])C2([2H])[2H])c1-c1ccnnn1. The maximum atomic E-state index is 9.96. The Hall–Kier alpha value is -3.53. The minimum absolute atomic E-state index is 0.0708. The fourth-order valence-corrected chi connectivity index (χ4v) is 4.63. The molecule has 0 N–H and O–H groups in total. The van der Waals surface area contributed by atoms with Gasteiger partial charge in [-0.15, -0.1) is 10.2 Å². The van der Waals surface area contributed by atoms with E-state index in [0.29, 0.717) is 16.4 Å². The van der Waals surface area contributed by atoms with E-state index in [1.807, 2.05) is 0 Å². The smallest absolute Gasteiger partial charge is 0.136 e. The molecule has 4 unspecified atom stereocenters. The third-order valence-corrected chi connectivity index (χ3v) is 6.18. The monoisotopic (exact) mass is 508 g/mol. The number of furan rings is 1. The van der Waals surface area contributed by atoms with Crippen molar-refractivity contribution in [3.63, 3.8) is 0 Å². The lowest BCUT2D eigenvalue weighted by Crippen LogP contribution is -2.14. The molecule has 2 aliphatic rings. The van der Waals surface area contributed by atoms with Crippen molar-refractivity contribution in [3.8, 4) is 22.4 Å². The zero-order valence-corrected chi connectivity index (χ0v) is 19.2. The number of para-hydroxylation sites is 1. The second-order valence-electron chi connectivity index (χ2n) is 8.28. The Morgan fingerprint density at radius 2 is 1.65 bits per heavy atom. The number of benzene rings is 3. The van der Waals surface area contributed by atoms with Gasteiger partial charge in [-0.2, -0.15) is 0 Å². The van der Waals surface area contributed by atoms with Crippen LogP contribution in [0.5, 0.6) is 0 Å². The second kappa shape index (κ2) is 9.74. The minimum Gasteiger partial charge on any atom is -0.456 e. The van der Waals surface area contributed by atoms with Crippen LogP contribution in [-0.2, 0) is 0 Å². The van der Waals surface area contributed by atoms with E-state index in [4.69, 9.17) is 20.9 Å². The third-order valence-electron chi connectivity index (χ3n) is 6.18. The number of nitrogens with zero attached hydrogens (tertiary/aromatic N) is 3. The Morgan fingerprint density at radius 3 is 2.51 bits per heavy atom. The first-order valence-corrected chi connectivity index (χ1v) is 11.5. The van der Waals surface area contributed by atoms with Crippen molar-refractivity contribution in [1.82, 2.24) is 15.4 Å². The van der Waals surface area contributed by atoms with E-state index < -0.39 is 104 Å². The lowest BCUT2D eigenvalue weighted by molar-refractivity contribution is 0.419. The summed E-state index contributed by atoms with van der Waals surface area (Å²) in [7, 11) is 0. The van der Waals surface area contributed by atoms with E-state index in [0.717, 1.165) is 18.3 Å². The Labute approximate surface area is 247 Å². The lowest BCUT2D eigenvalue weighted by Gasteiger charge is -2.32. The molecule has 4 atom stereocenters. The summed E-state index contributed by atoms with van der Waals surface area (Å²) in [5.74, 6) is -7.71. The van der Waals surface area contributed by atoms with Gasteiger partial charge in [-0.3, -0.25) is 0 Å². The van der Waals surface area contributed by atoms with Crippen LogP contribution in [0.15, 0.2) is 71.3 Å². The maximum absolute atomic E-state index is 9.96. The van der Waals surface area contributed by atoms with Crippen molar-refractivity contribution in [2.24, 2.45) is 0 Å². The molecule has 3 aromatic carbocycles. The largest absolute Gasteiger partial charge is 0.456 e. The van der Waals surface area contributed by atoms with E-state index in [-0.39, 0.29) is 16.7 Å². The zero-order chi connectivity index (χ0) is 43.4. The van der Waals surface area contributed by atoms with Gasteiger partial charge in [0.1, 0.15) is 11.2 Å². The summed E-state index contributed by atoms with van der Waals surface area (Å²) in [6.45, 7) is 0. The Balaban J connectivity index is 1.79. The molecule has 2 heterocycles. The molecule has 0 spiro atoms. The first kappa shape index (κ1) is 9.65. The molecule has 186 valence electrons. The Bertz CT molecular complexity index is 2490. The van der Waals surface area contributed by atoms with Crippen molar-refractivity contribution >= 4 is 21.9 Å². The van der Waals surface area contributed by atoms with Gasteiger partial charge in [-0.1, -0.05) is 74.6 Å². The number of hydrogen-bond acceptors (Lipinski definition) is 4. The number of hydrogen-bond donors (Lipinski definition) is 0. The standard InChI is InChI=1S/C33H33N3O/c1-3-10-22(11-4-1)27-20-24(25-15-9-17-31-33(25)26-14-7-8-16-30(26)37-31)21-28(29-18-19-34-36-35-29)32(27)23-12-5-2-6-13-23/h7-9,14-23H,1-6,10-13H2/i1D2,2D2,3D2,4D2,5D2,6D2,10D,11D2,12D,13D2,21D,22D,23D. The van der Waals surface area contributed by atoms with Crippen molar-refractivity contribution in [2.45, 2.75) is 75.6 Å². The first-order chi connectivity index (χ1) is 26.4. The van der Waals surface area contributed by atoms with Crippen molar-refractivity contribution in [2.75, 3.05) is 0 Å². The average Bonchev–Trinajstić information content (AvgIpc) is 3.54. The van der Waals surface area contributed by atoms with Gasteiger partial charge in [-0.25, -0.2) is 0 Å². The van der Waals surface area contributed by atoms with Crippen LogP contribution in [0.25, 0.3) is 44.3 Å². The van der Waals surface area contributed by atoms with Crippen LogP contribution in [0.1, 0.15) is 115 Å². The summed E-state index contributed by atoms with van der Waals surface area (Å²) in [6, 6.07) is 12.2. The molecule has 4 nitrogen and oxygen atoms in total. The average molecular weight is 509 g/mol. The molecule has 0 aliphatic heterocycles. The van der Waals surface area contributed by atoms with Gasteiger partial charge in [0, 0.05) is 43.8 Å². The summed E-state index contributed by atoms with van der Waals surface area (Å²) in [5, 5.41) is 11.9. The highest BCUT2D eigenvalue weighted by Gasteiger charge is 2.28. The number of fused-ring (bicyclic) bond motifs is 3. The van der Waals surface area contributed by atoms with Crippen molar-refractivity contribution in [1.29, 1.82) is 0 Å². The summed E-state index contributed by atoms with van der Waals surface area (Å²) >= 11 is 0. The highest BCUT2D eigenvalue weighted by atomic mass is 16.3. The van der Waals surface area contributed by atoms with Gasteiger partial charge in [0.25, 0.3) is 0 Å². The van der Waals surface area contributed by atoms with Gasteiger partial charge in [-0.05, 0) is 89.0 Å². The minimum atomic E-state index is -4.08. The zero-order valence-electron chi connectivity index (χ0n) is 40.2. The normalized spacial score (nSPS) is 47.6. The molecule has 2 fully saturated rings. The third kappa shape index (κ3) is 4.13. The molecular weight excluding hydrogens is 454 g/mol. The van der Waals surface area contributed by atoms with Gasteiger partial charge in [0.15, 0.2) is 0 Å². The molecule has 0 bridgehead atoms. The highest BCUT2D eigenvalue weighted by molar-refractivity contribution is 6.12. The maximum Gasteiger partial charge on any atom is 0.136 e. The van der Waals surface area contributed by atoms with Gasteiger partial charge in [0.05, 0.1) is 13.3 Å². The van der Waals surface area contributed by atoms with Gasteiger partial charge < -0.3 is 4.42 Å². The van der Waals surface area contributed by atoms with Gasteiger partial charge in [0.2, 0.25) is 0 Å². The molecule has 0 saturated heterocycles. The molecule has 5 aromatic rings. The predicted octanol–water partition coefficient (Wildman–Crippen LogP) is 9.20. The van der Waals surface area contributed by atoms with Crippen LogP contribution in [0.2, 0.25) is 0 Å². The molecule has 2 aromatic heterocycles. The fourth-order valence-electron chi connectivity index (χ4n) is 4.63.